The van der Waals surface area contributed by atoms with Crippen LogP contribution in [0.1, 0.15) is 23.6 Å². The summed E-state index contributed by atoms with van der Waals surface area (Å²) in [6, 6.07) is 22.8. The van der Waals surface area contributed by atoms with Gasteiger partial charge in [0.15, 0.2) is 0 Å². The second-order valence-electron chi connectivity index (χ2n) is 9.03. The maximum atomic E-state index is 14.0. The third-order valence-electron chi connectivity index (χ3n) is 6.17. The Morgan fingerprint density at radius 2 is 1.61 bits per heavy atom. The van der Waals surface area contributed by atoms with E-state index in [2.05, 4.69) is 5.32 Å². The molecule has 0 fully saturated rings. The molecule has 8 nitrogen and oxygen atoms in total. The number of aryl methyl sites for hydroxylation is 1. The Bertz CT molecular complexity index is 1350. The summed E-state index contributed by atoms with van der Waals surface area (Å²) in [5, 5.41) is 2.84. The standard InChI is InChI=1S/C29H35N3O5S/c1-5-30-29(34)27(19-23-13-7-6-8-14-23)31(20-24-15-11-16-25(18-24)37-3)28(33)21-32(38(4,35)36)26-17-10-9-12-22(26)2/h6-18,27H,5,19-21H2,1-4H3,(H,30,34). The lowest BCUT2D eigenvalue weighted by Gasteiger charge is -2.33. The summed E-state index contributed by atoms with van der Waals surface area (Å²) in [7, 11) is -2.25. The van der Waals surface area contributed by atoms with Gasteiger partial charge in [0, 0.05) is 19.5 Å². The van der Waals surface area contributed by atoms with Gasteiger partial charge in [-0.25, -0.2) is 8.42 Å². The van der Waals surface area contributed by atoms with Gasteiger partial charge in [0.25, 0.3) is 0 Å². The first-order valence-electron chi connectivity index (χ1n) is 12.4. The van der Waals surface area contributed by atoms with E-state index in [0.29, 0.717) is 18.0 Å². The fourth-order valence-electron chi connectivity index (χ4n) is 4.25. The van der Waals surface area contributed by atoms with E-state index in [9.17, 15) is 18.0 Å². The van der Waals surface area contributed by atoms with E-state index < -0.39 is 28.5 Å². The van der Waals surface area contributed by atoms with E-state index in [-0.39, 0.29) is 18.9 Å². The van der Waals surface area contributed by atoms with Crippen LogP contribution in [0.3, 0.4) is 0 Å². The number of ether oxygens (including phenoxy) is 1. The number of hydrogen-bond acceptors (Lipinski definition) is 5. The van der Waals surface area contributed by atoms with Gasteiger partial charge in [-0.3, -0.25) is 13.9 Å². The van der Waals surface area contributed by atoms with Gasteiger partial charge in [-0.05, 0) is 48.7 Å². The number of para-hydroxylation sites is 1. The fourth-order valence-corrected chi connectivity index (χ4v) is 5.16. The first-order valence-corrected chi connectivity index (χ1v) is 14.3. The van der Waals surface area contributed by atoms with Crippen molar-refractivity contribution in [1.82, 2.24) is 10.2 Å². The first-order chi connectivity index (χ1) is 18.1. The summed E-state index contributed by atoms with van der Waals surface area (Å²) in [5.74, 6) is -0.187. The third kappa shape index (κ3) is 7.58. The molecule has 2 amide bonds. The van der Waals surface area contributed by atoms with Crippen LogP contribution < -0.4 is 14.4 Å². The summed E-state index contributed by atoms with van der Waals surface area (Å²) in [5.41, 5.74) is 2.77. The summed E-state index contributed by atoms with van der Waals surface area (Å²) in [6.45, 7) is 3.65. The van der Waals surface area contributed by atoms with Crippen LogP contribution in [-0.4, -0.2) is 57.6 Å². The normalized spacial score (nSPS) is 11.9. The predicted molar refractivity (Wildman–Crippen MR) is 150 cm³/mol. The molecular weight excluding hydrogens is 502 g/mol. The summed E-state index contributed by atoms with van der Waals surface area (Å²) < 4.78 is 32.1. The number of rotatable bonds is 12. The molecule has 1 unspecified atom stereocenters. The van der Waals surface area contributed by atoms with E-state index in [0.717, 1.165) is 27.3 Å². The minimum absolute atomic E-state index is 0.0933. The molecule has 3 rings (SSSR count). The average molecular weight is 538 g/mol. The molecule has 0 heterocycles. The van der Waals surface area contributed by atoms with Crippen LogP contribution in [0.2, 0.25) is 0 Å². The van der Waals surface area contributed by atoms with Crippen molar-refractivity contribution < 1.29 is 22.7 Å². The van der Waals surface area contributed by atoms with Crippen LogP contribution in [0.4, 0.5) is 5.69 Å². The zero-order valence-electron chi connectivity index (χ0n) is 22.3. The minimum Gasteiger partial charge on any atom is -0.497 e. The largest absolute Gasteiger partial charge is 0.497 e. The van der Waals surface area contributed by atoms with Gasteiger partial charge in [-0.1, -0.05) is 60.7 Å². The quantitative estimate of drug-likeness (QED) is 0.381. The molecule has 0 saturated heterocycles. The topological polar surface area (TPSA) is 96.0 Å². The van der Waals surface area contributed by atoms with Gasteiger partial charge in [0.1, 0.15) is 18.3 Å². The van der Waals surface area contributed by atoms with Crippen molar-refractivity contribution in [3.05, 3.63) is 95.6 Å². The molecule has 0 radical (unpaired) electrons. The van der Waals surface area contributed by atoms with E-state index >= 15 is 0 Å². The molecule has 38 heavy (non-hydrogen) atoms. The highest BCUT2D eigenvalue weighted by Gasteiger charge is 2.33. The van der Waals surface area contributed by atoms with E-state index in [1.54, 1.807) is 50.4 Å². The molecule has 0 bridgehead atoms. The monoisotopic (exact) mass is 537 g/mol. The Kier molecular flexibility index (Phi) is 9.90. The van der Waals surface area contributed by atoms with Crippen LogP contribution in [0, 0.1) is 6.92 Å². The fraction of sp³-hybridized carbons (Fsp3) is 0.310. The molecular formula is C29H35N3O5S. The number of likely N-dealkylation sites (N-methyl/N-ethyl adjacent to an activating group) is 1. The smallest absolute Gasteiger partial charge is 0.244 e. The molecule has 202 valence electrons. The van der Waals surface area contributed by atoms with Crippen molar-refractivity contribution in [1.29, 1.82) is 0 Å². The Balaban J connectivity index is 2.06. The zero-order chi connectivity index (χ0) is 27.7. The second-order valence-corrected chi connectivity index (χ2v) is 10.9. The maximum absolute atomic E-state index is 14.0. The second kappa shape index (κ2) is 13.1. The van der Waals surface area contributed by atoms with E-state index in [1.807, 2.05) is 49.4 Å². The van der Waals surface area contributed by atoms with Crippen molar-refractivity contribution in [3.63, 3.8) is 0 Å². The summed E-state index contributed by atoms with van der Waals surface area (Å²) in [6.07, 6.45) is 1.34. The Labute approximate surface area is 225 Å². The van der Waals surface area contributed by atoms with Crippen LogP contribution in [0.5, 0.6) is 5.75 Å². The molecule has 1 N–H and O–H groups in total. The maximum Gasteiger partial charge on any atom is 0.244 e. The number of carbonyl (C=O) groups excluding carboxylic acids is 2. The third-order valence-corrected chi connectivity index (χ3v) is 7.30. The van der Waals surface area contributed by atoms with Gasteiger partial charge >= 0.3 is 0 Å². The predicted octanol–water partition coefficient (Wildman–Crippen LogP) is 3.55. The van der Waals surface area contributed by atoms with Crippen LogP contribution in [-0.2, 0) is 32.6 Å². The van der Waals surface area contributed by atoms with Crippen molar-refractivity contribution in [2.75, 3.05) is 30.8 Å². The molecule has 0 aliphatic rings. The van der Waals surface area contributed by atoms with Crippen molar-refractivity contribution in [2.45, 2.75) is 32.9 Å². The molecule has 0 aliphatic heterocycles. The van der Waals surface area contributed by atoms with E-state index in [4.69, 9.17) is 4.74 Å². The molecule has 3 aromatic carbocycles. The van der Waals surface area contributed by atoms with Gasteiger partial charge in [-0.2, -0.15) is 0 Å². The number of nitrogens with zero attached hydrogens (tertiary/aromatic N) is 2. The number of hydrogen-bond donors (Lipinski definition) is 1. The average Bonchev–Trinajstić information content (AvgIpc) is 2.90. The van der Waals surface area contributed by atoms with Crippen LogP contribution >= 0.6 is 0 Å². The zero-order valence-corrected chi connectivity index (χ0v) is 23.1. The Morgan fingerprint density at radius 1 is 0.947 bits per heavy atom. The summed E-state index contributed by atoms with van der Waals surface area (Å²) in [4.78, 5) is 28.8. The minimum atomic E-state index is -3.80. The molecule has 3 aromatic rings. The molecule has 9 heteroatoms. The van der Waals surface area contributed by atoms with Crippen LogP contribution in [0.15, 0.2) is 78.9 Å². The number of carbonyl (C=O) groups is 2. The Hall–Kier alpha value is -3.85. The highest BCUT2D eigenvalue weighted by molar-refractivity contribution is 7.92. The van der Waals surface area contributed by atoms with E-state index in [1.165, 1.54) is 4.90 Å². The van der Waals surface area contributed by atoms with Crippen molar-refractivity contribution in [3.8, 4) is 5.75 Å². The lowest BCUT2D eigenvalue weighted by atomic mass is 10.0. The SMILES string of the molecule is CCNC(=O)C(Cc1ccccc1)N(Cc1cccc(OC)c1)C(=O)CN(c1ccccc1C)S(C)(=O)=O. The van der Waals surface area contributed by atoms with Crippen molar-refractivity contribution in [2.24, 2.45) is 0 Å². The number of methoxy groups -OCH3 is 1. The molecule has 0 aromatic heterocycles. The molecule has 0 saturated carbocycles. The molecule has 0 aliphatic carbocycles. The highest BCUT2D eigenvalue weighted by atomic mass is 32.2. The highest BCUT2D eigenvalue weighted by Crippen LogP contribution is 2.24. The molecule has 0 spiro atoms. The van der Waals surface area contributed by atoms with Gasteiger partial charge in [0.2, 0.25) is 21.8 Å². The number of anilines is 1. The van der Waals surface area contributed by atoms with Crippen LogP contribution in [0.25, 0.3) is 0 Å². The summed E-state index contributed by atoms with van der Waals surface area (Å²) >= 11 is 0. The number of nitrogens with one attached hydrogen (secondary N) is 1. The van der Waals surface area contributed by atoms with Gasteiger partial charge in [-0.15, -0.1) is 0 Å². The number of benzene rings is 3. The lowest BCUT2D eigenvalue weighted by molar-refractivity contribution is -0.140. The number of sulfonamides is 1. The Morgan fingerprint density at radius 3 is 2.24 bits per heavy atom. The molecule has 1 atom stereocenters. The first kappa shape index (κ1) is 28.7. The lowest BCUT2D eigenvalue weighted by Crippen LogP contribution is -2.53. The number of amides is 2. The van der Waals surface area contributed by atoms with Gasteiger partial charge < -0.3 is 15.0 Å². The van der Waals surface area contributed by atoms with Crippen molar-refractivity contribution >= 4 is 27.5 Å². The van der Waals surface area contributed by atoms with Gasteiger partial charge in [0.05, 0.1) is 19.1 Å².